The SMILES string of the molecule is O=c1[nH]c(-c2ccncc2)nc(O)c1Br. The fraction of sp³-hybridized carbons (Fsp3) is 0. The molecule has 0 spiro atoms. The first-order valence-electron chi connectivity index (χ1n) is 4.07. The van der Waals surface area contributed by atoms with Crippen molar-refractivity contribution >= 4 is 15.9 Å². The van der Waals surface area contributed by atoms with Crippen LogP contribution in [0.3, 0.4) is 0 Å². The molecule has 0 aliphatic carbocycles. The van der Waals surface area contributed by atoms with Gasteiger partial charge in [-0.1, -0.05) is 0 Å². The summed E-state index contributed by atoms with van der Waals surface area (Å²) >= 11 is 2.92. The summed E-state index contributed by atoms with van der Waals surface area (Å²) in [5.41, 5.74) is 0.263. The number of aromatic amines is 1. The number of H-pyrrole nitrogens is 1. The molecular formula is C9H6BrN3O2. The van der Waals surface area contributed by atoms with Gasteiger partial charge in [-0.15, -0.1) is 0 Å². The van der Waals surface area contributed by atoms with E-state index in [1.54, 1.807) is 24.5 Å². The summed E-state index contributed by atoms with van der Waals surface area (Å²) in [6.07, 6.45) is 3.16. The summed E-state index contributed by atoms with van der Waals surface area (Å²) in [6.45, 7) is 0. The van der Waals surface area contributed by atoms with E-state index in [1.165, 1.54) is 0 Å². The molecule has 0 aliphatic heterocycles. The third-order valence-corrected chi connectivity index (χ3v) is 2.51. The molecule has 0 radical (unpaired) electrons. The minimum Gasteiger partial charge on any atom is -0.492 e. The first-order chi connectivity index (χ1) is 7.18. The molecule has 2 N–H and O–H groups in total. The smallest absolute Gasteiger partial charge is 0.269 e. The standard InChI is InChI=1S/C9H6BrN3O2/c10-6-8(14)12-7(13-9(6)15)5-1-3-11-4-2-5/h1-4H,(H2,12,13,14,15). The van der Waals surface area contributed by atoms with Gasteiger partial charge in [0, 0.05) is 18.0 Å². The number of halogens is 1. The Bertz CT molecular complexity index is 539. The summed E-state index contributed by atoms with van der Waals surface area (Å²) in [5, 5.41) is 9.35. The van der Waals surface area contributed by atoms with Crippen molar-refractivity contribution in [2.45, 2.75) is 0 Å². The minimum atomic E-state index is -0.422. The van der Waals surface area contributed by atoms with Gasteiger partial charge in [0.05, 0.1) is 0 Å². The number of rotatable bonds is 1. The molecule has 15 heavy (non-hydrogen) atoms. The third-order valence-electron chi connectivity index (χ3n) is 1.80. The molecule has 5 nitrogen and oxygen atoms in total. The second kappa shape index (κ2) is 3.82. The van der Waals surface area contributed by atoms with Gasteiger partial charge >= 0.3 is 0 Å². The van der Waals surface area contributed by atoms with Gasteiger partial charge in [0.2, 0.25) is 5.88 Å². The first kappa shape index (κ1) is 9.85. The molecule has 76 valence electrons. The van der Waals surface area contributed by atoms with Gasteiger partial charge in [0.1, 0.15) is 10.3 Å². The average molecular weight is 268 g/mol. The van der Waals surface area contributed by atoms with E-state index >= 15 is 0 Å². The van der Waals surface area contributed by atoms with Gasteiger partial charge in [-0.05, 0) is 28.1 Å². The number of nitrogens with zero attached hydrogens (tertiary/aromatic N) is 2. The molecule has 0 atom stereocenters. The van der Waals surface area contributed by atoms with Gasteiger partial charge in [-0.2, -0.15) is 4.98 Å². The van der Waals surface area contributed by atoms with E-state index in [0.29, 0.717) is 11.4 Å². The first-order valence-corrected chi connectivity index (χ1v) is 4.87. The van der Waals surface area contributed by atoms with Gasteiger partial charge in [0.25, 0.3) is 5.56 Å². The van der Waals surface area contributed by atoms with E-state index in [-0.39, 0.29) is 10.4 Å². The van der Waals surface area contributed by atoms with Crippen molar-refractivity contribution in [3.05, 3.63) is 39.4 Å². The monoisotopic (exact) mass is 267 g/mol. The molecule has 2 aromatic rings. The highest BCUT2D eigenvalue weighted by Gasteiger charge is 2.08. The lowest BCUT2D eigenvalue weighted by atomic mass is 10.2. The molecule has 0 unspecified atom stereocenters. The van der Waals surface area contributed by atoms with Gasteiger partial charge in [0.15, 0.2) is 0 Å². The Morgan fingerprint density at radius 1 is 1.33 bits per heavy atom. The van der Waals surface area contributed by atoms with Crippen LogP contribution in [0.2, 0.25) is 0 Å². The van der Waals surface area contributed by atoms with Crippen molar-refractivity contribution in [3.63, 3.8) is 0 Å². The van der Waals surface area contributed by atoms with E-state index in [1.807, 2.05) is 0 Å². The van der Waals surface area contributed by atoms with E-state index in [4.69, 9.17) is 0 Å². The number of pyridine rings is 1. The van der Waals surface area contributed by atoms with Crippen LogP contribution >= 0.6 is 15.9 Å². The summed E-state index contributed by atoms with van der Waals surface area (Å²) < 4.78 is 0.0281. The molecule has 6 heteroatoms. The quantitative estimate of drug-likeness (QED) is 0.817. The number of aromatic nitrogens is 3. The van der Waals surface area contributed by atoms with Crippen LogP contribution in [0.5, 0.6) is 5.88 Å². The lowest BCUT2D eigenvalue weighted by molar-refractivity contribution is 0.448. The predicted octanol–water partition coefficient (Wildman–Crippen LogP) is 1.30. The van der Waals surface area contributed by atoms with E-state index in [0.717, 1.165) is 0 Å². The Kier molecular flexibility index (Phi) is 2.51. The highest BCUT2D eigenvalue weighted by atomic mass is 79.9. The Morgan fingerprint density at radius 3 is 2.60 bits per heavy atom. The Morgan fingerprint density at radius 2 is 2.00 bits per heavy atom. The normalized spacial score (nSPS) is 10.2. The number of hydrogen-bond donors (Lipinski definition) is 2. The van der Waals surface area contributed by atoms with Crippen LogP contribution in [-0.4, -0.2) is 20.1 Å². The van der Waals surface area contributed by atoms with Crippen molar-refractivity contribution < 1.29 is 5.11 Å². The molecule has 0 saturated carbocycles. The summed E-state index contributed by atoms with van der Waals surface area (Å²) in [4.78, 5) is 21.5. The number of aromatic hydroxyl groups is 1. The largest absolute Gasteiger partial charge is 0.492 e. The van der Waals surface area contributed by atoms with Gasteiger partial charge < -0.3 is 10.1 Å². The summed E-state index contributed by atoms with van der Waals surface area (Å²) in [6, 6.07) is 3.37. The summed E-state index contributed by atoms with van der Waals surface area (Å²) in [5.74, 6) is -0.0198. The molecule has 2 heterocycles. The zero-order valence-electron chi connectivity index (χ0n) is 7.44. The van der Waals surface area contributed by atoms with Crippen molar-refractivity contribution in [1.82, 2.24) is 15.0 Å². The topological polar surface area (TPSA) is 78.9 Å². The number of hydrogen-bond acceptors (Lipinski definition) is 4. The highest BCUT2D eigenvalue weighted by Crippen LogP contribution is 2.19. The Balaban J connectivity index is 2.61. The molecule has 0 aliphatic rings. The van der Waals surface area contributed by atoms with Crippen molar-refractivity contribution in [2.24, 2.45) is 0 Å². The zero-order valence-corrected chi connectivity index (χ0v) is 9.02. The van der Waals surface area contributed by atoms with Gasteiger partial charge in [-0.3, -0.25) is 9.78 Å². The summed E-state index contributed by atoms with van der Waals surface area (Å²) in [7, 11) is 0. The van der Waals surface area contributed by atoms with Crippen LogP contribution in [0.25, 0.3) is 11.4 Å². The molecule has 0 saturated heterocycles. The van der Waals surface area contributed by atoms with Crippen LogP contribution in [-0.2, 0) is 0 Å². The van der Waals surface area contributed by atoms with Crippen molar-refractivity contribution in [2.75, 3.05) is 0 Å². The van der Waals surface area contributed by atoms with Crippen LogP contribution in [0.15, 0.2) is 33.8 Å². The molecular weight excluding hydrogens is 262 g/mol. The van der Waals surface area contributed by atoms with Crippen LogP contribution in [0, 0.1) is 0 Å². The second-order valence-corrected chi connectivity index (χ2v) is 3.58. The maximum atomic E-state index is 11.3. The van der Waals surface area contributed by atoms with Crippen molar-refractivity contribution in [1.29, 1.82) is 0 Å². The maximum Gasteiger partial charge on any atom is 0.269 e. The van der Waals surface area contributed by atoms with E-state index < -0.39 is 5.56 Å². The van der Waals surface area contributed by atoms with E-state index in [9.17, 15) is 9.90 Å². The maximum absolute atomic E-state index is 11.3. The Hall–Kier alpha value is -1.69. The molecule has 0 aromatic carbocycles. The van der Waals surface area contributed by atoms with Crippen LogP contribution < -0.4 is 5.56 Å². The molecule has 0 bridgehead atoms. The van der Waals surface area contributed by atoms with Crippen molar-refractivity contribution in [3.8, 4) is 17.3 Å². The molecule has 0 amide bonds. The number of nitrogens with one attached hydrogen (secondary N) is 1. The fourth-order valence-electron chi connectivity index (χ4n) is 1.09. The highest BCUT2D eigenvalue weighted by molar-refractivity contribution is 9.10. The molecule has 2 rings (SSSR count). The molecule has 2 aromatic heterocycles. The lowest BCUT2D eigenvalue weighted by Gasteiger charge is -2.01. The van der Waals surface area contributed by atoms with Gasteiger partial charge in [-0.25, -0.2) is 0 Å². The Labute approximate surface area is 93.0 Å². The minimum absolute atomic E-state index is 0.0281. The van der Waals surface area contributed by atoms with Crippen LogP contribution in [0.4, 0.5) is 0 Å². The third kappa shape index (κ3) is 1.89. The zero-order chi connectivity index (χ0) is 10.8. The predicted molar refractivity (Wildman–Crippen MR) is 57.5 cm³/mol. The average Bonchev–Trinajstić information content (AvgIpc) is 2.26. The van der Waals surface area contributed by atoms with E-state index in [2.05, 4.69) is 30.9 Å². The second-order valence-electron chi connectivity index (χ2n) is 2.79. The van der Waals surface area contributed by atoms with Crippen LogP contribution in [0.1, 0.15) is 0 Å². The molecule has 0 fully saturated rings. The fourth-order valence-corrected chi connectivity index (χ4v) is 1.28. The lowest BCUT2D eigenvalue weighted by Crippen LogP contribution is -2.09.